The number of hydrogen-bond donors (Lipinski definition) is 1. The van der Waals surface area contributed by atoms with Crippen LogP contribution in [-0.4, -0.2) is 22.2 Å². The van der Waals surface area contributed by atoms with Crippen LogP contribution in [0.25, 0.3) is 5.69 Å². The molecule has 0 bridgehead atoms. The van der Waals surface area contributed by atoms with Gasteiger partial charge in [0.25, 0.3) is 5.91 Å². The number of rotatable bonds is 5. The van der Waals surface area contributed by atoms with Crippen molar-refractivity contribution >= 4 is 17.5 Å². The molecular weight excluding hydrogens is 358 g/mol. The van der Waals surface area contributed by atoms with Gasteiger partial charge in [-0.1, -0.05) is 66.6 Å². The van der Waals surface area contributed by atoms with E-state index in [2.05, 4.69) is 34.7 Å². The molecule has 27 heavy (non-hydrogen) atoms. The third kappa shape index (κ3) is 3.26. The molecule has 3 aromatic rings. The number of hydrogen-bond acceptors (Lipinski definition) is 2. The van der Waals surface area contributed by atoms with Crippen LogP contribution >= 0.6 is 11.6 Å². The van der Waals surface area contributed by atoms with Gasteiger partial charge >= 0.3 is 0 Å². The Morgan fingerprint density at radius 3 is 2.33 bits per heavy atom. The zero-order chi connectivity index (χ0) is 18.9. The van der Waals surface area contributed by atoms with E-state index in [0.717, 1.165) is 18.5 Å². The highest BCUT2D eigenvalue weighted by molar-refractivity contribution is 6.33. The van der Waals surface area contributed by atoms with Gasteiger partial charge in [0.15, 0.2) is 0 Å². The number of benzene rings is 2. The number of amides is 1. The molecule has 138 valence electrons. The second-order valence-electron chi connectivity index (χ2n) is 7.18. The molecule has 0 atom stereocenters. The van der Waals surface area contributed by atoms with E-state index in [0.29, 0.717) is 23.0 Å². The molecule has 4 nitrogen and oxygen atoms in total. The average Bonchev–Trinajstić information content (AvgIpc) is 2.96. The predicted molar refractivity (Wildman–Crippen MR) is 108 cm³/mol. The van der Waals surface area contributed by atoms with E-state index in [4.69, 9.17) is 11.6 Å². The minimum atomic E-state index is -0.165. The molecular formula is C22H22ClN3O. The molecule has 1 aromatic heterocycles. The Balaban J connectivity index is 1.55. The highest BCUT2D eigenvalue weighted by Gasteiger charge is 2.39. The molecule has 1 amide bonds. The highest BCUT2D eigenvalue weighted by atomic mass is 35.5. The SMILES string of the molecule is Cc1nn(-c2ccccc2)c(Cl)c1C(=O)NCC1(c2ccccc2)CCC1. The van der Waals surface area contributed by atoms with Crippen molar-refractivity contribution in [1.82, 2.24) is 15.1 Å². The van der Waals surface area contributed by atoms with Crippen LogP contribution < -0.4 is 5.32 Å². The second kappa shape index (κ2) is 7.20. The van der Waals surface area contributed by atoms with Crippen molar-refractivity contribution in [2.75, 3.05) is 6.54 Å². The lowest BCUT2D eigenvalue weighted by Gasteiger charge is -2.42. The van der Waals surface area contributed by atoms with Gasteiger partial charge in [0.05, 0.1) is 16.9 Å². The topological polar surface area (TPSA) is 46.9 Å². The largest absolute Gasteiger partial charge is 0.351 e. The quantitative estimate of drug-likeness (QED) is 0.699. The van der Waals surface area contributed by atoms with E-state index in [1.807, 2.05) is 43.3 Å². The molecule has 1 saturated carbocycles. The first-order valence-electron chi connectivity index (χ1n) is 9.25. The lowest BCUT2D eigenvalue weighted by atomic mass is 9.64. The van der Waals surface area contributed by atoms with Gasteiger partial charge in [0, 0.05) is 12.0 Å². The maximum atomic E-state index is 12.9. The van der Waals surface area contributed by atoms with Crippen LogP contribution in [0.1, 0.15) is 40.9 Å². The summed E-state index contributed by atoms with van der Waals surface area (Å²) < 4.78 is 1.61. The number of nitrogens with zero attached hydrogens (tertiary/aromatic N) is 2. The predicted octanol–water partition coefficient (Wildman–Crippen LogP) is 4.69. The first kappa shape index (κ1) is 17.8. The van der Waals surface area contributed by atoms with Crippen molar-refractivity contribution in [2.45, 2.75) is 31.6 Å². The Hall–Kier alpha value is -2.59. The van der Waals surface area contributed by atoms with Crippen LogP contribution in [0.2, 0.25) is 5.15 Å². The van der Waals surface area contributed by atoms with Gasteiger partial charge in [-0.2, -0.15) is 5.10 Å². The Kier molecular flexibility index (Phi) is 4.75. The summed E-state index contributed by atoms with van der Waals surface area (Å²) in [6.07, 6.45) is 3.37. The van der Waals surface area contributed by atoms with Gasteiger partial charge < -0.3 is 5.32 Å². The summed E-state index contributed by atoms with van der Waals surface area (Å²) in [7, 11) is 0. The molecule has 1 heterocycles. The Morgan fingerprint density at radius 1 is 1.11 bits per heavy atom. The van der Waals surface area contributed by atoms with Gasteiger partial charge in [0.1, 0.15) is 5.15 Å². The van der Waals surface area contributed by atoms with E-state index < -0.39 is 0 Å². The lowest BCUT2D eigenvalue weighted by molar-refractivity contribution is 0.0927. The van der Waals surface area contributed by atoms with Crippen molar-refractivity contribution in [2.24, 2.45) is 0 Å². The summed E-state index contributed by atoms with van der Waals surface area (Å²) in [4.78, 5) is 12.9. The van der Waals surface area contributed by atoms with E-state index in [1.165, 1.54) is 12.0 Å². The maximum Gasteiger partial charge on any atom is 0.256 e. The molecule has 1 fully saturated rings. The number of aromatic nitrogens is 2. The normalized spacial score (nSPS) is 15.2. The molecule has 0 radical (unpaired) electrons. The summed E-state index contributed by atoms with van der Waals surface area (Å²) in [5, 5.41) is 7.92. The van der Waals surface area contributed by atoms with Crippen LogP contribution in [0.5, 0.6) is 0 Å². The number of nitrogens with one attached hydrogen (secondary N) is 1. The summed E-state index contributed by atoms with van der Waals surface area (Å²) in [5.74, 6) is -0.165. The standard InChI is InChI=1S/C22H22ClN3O/c1-16-19(20(23)26(25-16)18-11-6-3-7-12-18)21(27)24-15-22(13-8-14-22)17-9-4-2-5-10-17/h2-7,9-12H,8,13-15H2,1H3,(H,24,27). The summed E-state index contributed by atoms with van der Waals surface area (Å²) in [5.41, 5.74) is 3.24. The van der Waals surface area contributed by atoms with Gasteiger partial charge in [-0.3, -0.25) is 4.79 Å². The number of carbonyl (C=O) groups excluding carboxylic acids is 1. The third-order valence-electron chi connectivity index (χ3n) is 5.52. The van der Waals surface area contributed by atoms with Crippen LogP contribution in [0.3, 0.4) is 0 Å². The van der Waals surface area contributed by atoms with Crippen LogP contribution in [0.4, 0.5) is 0 Å². The lowest BCUT2D eigenvalue weighted by Crippen LogP contribution is -2.45. The number of halogens is 1. The van der Waals surface area contributed by atoms with Crippen molar-refractivity contribution in [1.29, 1.82) is 0 Å². The molecule has 0 spiro atoms. The summed E-state index contributed by atoms with van der Waals surface area (Å²) in [6.45, 7) is 2.43. The molecule has 0 saturated heterocycles. The molecule has 0 aliphatic heterocycles. The number of aryl methyl sites for hydroxylation is 1. The molecule has 4 rings (SSSR count). The first-order chi connectivity index (χ1) is 13.1. The molecule has 5 heteroatoms. The van der Waals surface area contributed by atoms with Crippen molar-refractivity contribution in [3.8, 4) is 5.69 Å². The number of para-hydroxylation sites is 1. The zero-order valence-electron chi connectivity index (χ0n) is 15.3. The Bertz CT molecular complexity index is 946. The number of carbonyl (C=O) groups is 1. The van der Waals surface area contributed by atoms with Crippen LogP contribution in [0.15, 0.2) is 60.7 Å². The fraction of sp³-hybridized carbons (Fsp3) is 0.273. The van der Waals surface area contributed by atoms with Crippen molar-refractivity contribution in [3.63, 3.8) is 0 Å². The smallest absolute Gasteiger partial charge is 0.256 e. The van der Waals surface area contributed by atoms with E-state index in [9.17, 15) is 4.79 Å². The van der Waals surface area contributed by atoms with Crippen LogP contribution in [-0.2, 0) is 5.41 Å². The van der Waals surface area contributed by atoms with E-state index in [-0.39, 0.29) is 11.3 Å². The average molecular weight is 380 g/mol. The monoisotopic (exact) mass is 379 g/mol. The summed E-state index contributed by atoms with van der Waals surface area (Å²) >= 11 is 6.51. The Morgan fingerprint density at radius 2 is 1.74 bits per heavy atom. The third-order valence-corrected chi connectivity index (χ3v) is 5.87. The fourth-order valence-electron chi connectivity index (χ4n) is 3.80. The minimum Gasteiger partial charge on any atom is -0.351 e. The van der Waals surface area contributed by atoms with E-state index >= 15 is 0 Å². The molecule has 2 aromatic carbocycles. The van der Waals surface area contributed by atoms with Crippen molar-refractivity contribution in [3.05, 3.63) is 82.6 Å². The van der Waals surface area contributed by atoms with Crippen molar-refractivity contribution < 1.29 is 4.79 Å². The molecule has 1 aliphatic carbocycles. The highest BCUT2D eigenvalue weighted by Crippen LogP contribution is 2.43. The molecule has 0 unspecified atom stereocenters. The van der Waals surface area contributed by atoms with E-state index in [1.54, 1.807) is 4.68 Å². The summed E-state index contributed by atoms with van der Waals surface area (Å²) in [6, 6.07) is 20.0. The minimum absolute atomic E-state index is 0.0344. The second-order valence-corrected chi connectivity index (χ2v) is 7.54. The van der Waals surface area contributed by atoms with Gasteiger partial charge in [-0.05, 0) is 37.5 Å². The maximum absolute atomic E-state index is 12.9. The first-order valence-corrected chi connectivity index (χ1v) is 9.63. The molecule has 1 aliphatic rings. The van der Waals surface area contributed by atoms with Crippen LogP contribution in [0, 0.1) is 6.92 Å². The Labute approximate surface area is 164 Å². The van der Waals surface area contributed by atoms with Gasteiger partial charge in [0.2, 0.25) is 0 Å². The zero-order valence-corrected chi connectivity index (χ0v) is 16.0. The van der Waals surface area contributed by atoms with Gasteiger partial charge in [-0.25, -0.2) is 4.68 Å². The molecule has 1 N–H and O–H groups in total. The van der Waals surface area contributed by atoms with Gasteiger partial charge in [-0.15, -0.1) is 0 Å². The fourth-order valence-corrected chi connectivity index (χ4v) is 4.16.